The maximum Gasteiger partial charge on any atom is 0.224 e. The summed E-state index contributed by atoms with van der Waals surface area (Å²) in [5.41, 5.74) is 2.11. The van der Waals surface area contributed by atoms with Crippen molar-refractivity contribution in [2.45, 2.75) is 19.9 Å². The molecule has 1 heterocycles. The highest BCUT2D eigenvalue weighted by atomic mass is 35.5. The quantitative estimate of drug-likeness (QED) is 0.538. The first-order chi connectivity index (χ1) is 13.4. The van der Waals surface area contributed by atoms with Crippen LogP contribution in [-0.4, -0.2) is 10.9 Å². The first-order valence-electron chi connectivity index (χ1n) is 8.51. The molecule has 3 aromatic rings. The standard InChI is InChI=1S/C21H17Cl2FN2O2/c1-13-10-19(22)18(21(23)26-13)11-20(27)25-12-14-2-6-16(7-3-14)28-17-8-4-15(24)5-9-17/h2-10H,11-12H2,1H3,(H,25,27). The number of nitrogens with one attached hydrogen (secondary N) is 1. The molecule has 0 radical (unpaired) electrons. The van der Waals surface area contributed by atoms with Gasteiger partial charge in [-0.1, -0.05) is 35.3 Å². The van der Waals surface area contributed by atoms with Gasteiger partial charge in [-0.15, -0.1) is 0 Å². The normalized spacial score (nSPS) is 10.6. The molecule has 0 unspecified atom stereocenters. The van der Waals surface area contributed by atoms with E-state index in [4.69, 9.17) is 27.9 Å². The highest BCUT2D eigenvalue weighted by Gasteiger charge is 2.13. The zero-order valence-electron chi connectivity index (χ0n) is 15.0. The van der Waals surface area contributed by atoms with Gasteiger partial charge in [0.05, 0.1) is 6.42 Å². The average Bonchev–Trinajstić information content (AvgIpc) is 2.66. The smallest absolute Gasteiger partial charge is 0.224 e. The Morgan fingerprint density at radius 1 is 1.07 bits per heavy atom. The number of amides is 1. The van der Waals surface area contributed by atoms with Gasteiger partial charge in [0.2, 0.25) is 5.91 Å². The van der Waals surface area contributed by atoms with Gasteiger partial charge in [0.1, 0.15) is 22.5 Å². The molecule has 144 valence electrons. The molecule has 7 heteroatoms. The van der Waals surface area contributed by atoms with Crippen LogP contribution in [0.15, 0.2) is 54.6 Å². The van der Waals surface area contributed by atoms with Crippen molar-refractivity contribution in [3.05, 3.63) is 87.4 Å². The fraction of sp³-hybridized carbons (Fsp3) is 0.143. The molecule has 0 bridgehead atoms. The van der Waals surface area contributed by atoms with Crippen LogP contribution in [0.2, 0.25) is 10.2 Å². The molecule has 0 saturated carbocycles. The van der Waals surface area contributed by atoms with E-state index < -0.39 is 0 Å². The van der Waals surface area contributed by atoms with Gasteiger partial charge in [-0.05, 0) is 55.0 Å². The first kappa shape index (κ1) is 20.1. The molecule has 3 rings (SSSR count). The number of carbonyl (C=O) groups is 1. The Morgan fingerprint density at radius 3 is 2.29 bits per heavy atom. The Bertz CT molecular complexity index is 954. The number of halogens is 3. The number of ether oxygens (including phenoxy) is 1. The van der Waals surface area contributed by atoms with E-state index in [-0.39, 0.29) is 23.3 Å². The van der Waals surface area contributed by atoms with Gasteiger partial charge in [-0.25, -0.2) is 9.37 Å². The Balaban J connectivity index is 1.54. The molecule has 28 heavy (non-hydrogen) atoms. The van der Waals surface area contributed by atoms with E-state index in [1.807, 2.05) is 12.1 Å². The molecule has 1 aromatic heterocycles. The average molecular weight is 419 g/mol. The van der Waals surface area contributed by atoms with Crippen LogP contribution in [0.4, 0.5) is 4.39 Å². The number of carbonyl (C=O) groups excluding carboxylic acids is 1. The lowest BCUT2D eigenvalue weighted by molar-refractivity contribution is -0.120. The van der Waals surface area contributed by atoms with Crippen molar-refractivity contribution >= 4 is 29.1 Å². The molecular weight excluding hydrogens is 402 g/mol. The van der Waals surface area contributed by atoms with Crippen LogP contribution in [0.1, 0.15) is 16.8 Å². The number of hydrogen-bond donors (Lipinski definition) is 1. The lowest BCUT2D eigenvalue weighted by Crippen LogP contribution is -2.24. The van der Waals surface area contributed by atoms with Crippen molar-refractivity contribution in [1.82, 2.24) is 10.3 Å². The highest BCUT2D eigenvalue weighted by Crippen LogP contribution is 2.24. The van der Waals surface area contributed by atoms with Crippen molar-refractivity contribution in [3.63, 3.8) is 0 Å². The van der Waals surface area contributed by atoms with Gasteiger partial charge < -0.3 is 10.1 Å². The minimum atomic E-state index is -0.317. The number of aryl methyl sites for hydroxylation is 1. The summed E-state index contributed by atoms with van der Waals surface area (Å²) in [6.07, 6.45) is 0.0523. The van der Waals surface area contributed by atoms with Gasteiger partial charge in [-0.2, -0.15) is 0 Å². The van der Waals surface area contributed by atoms with Gasteiger partial charge in [0.15, 0.2) is 0 Å². The van der Waals surface area contributed by atoms with Crippen LogP contribution in [-0.2, 0) is 17.8 Å². The molecule has 0 atom stereocenters. The maximum atomic E-state index is 12.9. The van der Waals surface area contributed by atoms with E-state index in [1.165, 1.54) is 12.1 Å². The summed E-state index contributed by atoms with van der Waals surface area (Å²) in [4.78, 5) is 16.3. The highest BCUT2D eigenvalue weighted by molar-refractivity contribution is 6.35. The second kappa shape index (κ2) is 9.04. The van der Waals surface area contributed by atoms with Crippen LogP contribution in [0.5, 0.6) is 11.5 Å². The van der Waals surface area contributed by atoms with Crippen LogP contribution >= 0.6 is 23.2 Å². The predicted molar refractivity (Wildman–Crippen MR) is 107 cm³/mol. The number of rotatable bonds is 6. The summed E-state index contributed by atoms with van der Waals surface area (Å²) in [6.45, 7) is 2.13. The van der Waals surface area contributed by atoms with Crippen molar-refractivity contribution < 1.29 is 13.9 Å². The molecule has 2 aromatic carbocycles. The summed E-state index contributed by atoms with van der Waals surface area (Å²) < 4.78 is 18.6. The van der Waals surface area contributed by atoms with E-state index in [1.54, 1.807) is 37.3 Å². The number of nitrogens with zero attached hydrogens (tertiary/aromatic N) is 1. The predicted octanol–water partition coefficient (Wildman–Crippen LogP) is 5.49. The monoisotopic (exact) mass is 418 g/mol. The summed E-state index contributed by atoms with van der Waals surface area (Å²) in [5.74, 6) is 0.637. The van der Waals surface area contributed by atoms with Gasteiger partial charge in [0.25, 0.3) is 0 Å². The topological polar surface area (TPSA) is 51.2 Å². The van der Waals surface area contributed by atoms with Crippen LogP contribution in [0.25, 0.3) is 0 Å². The third kappa shape index (κ3) is 5.44. The summed E-state index contributed by atoms with van der Waals surface area (Å²) >= 11 is 12.2. The molecule has 0 saturated heterocycles. The Labute approximate surface area is 172 Å². The van der Waals surface area contributed by atoms with Gasteiger partial charge in [-0.3, -0.25) is 4.79 Å². The van der Waals surface area contributed by atoms with Crippen molar-refractivity contribution in [3.8, 4) is 11.5 Å². The summed E-state index contributed by atoms with van der Waals surface area (Å²) in [6, 6.07) is 14.7. The van der Waals surface area contributed by atoms with E-state index in [9.17, 15) is 9.18 Å². The third-order valence-corrected chi connectivity index (χ3v) is 4.60. The molecule has 0 fully saturated rings. The molecular formula is C21H17Cl2FN2O2. The van der Waals surface area contributed by atoms with Crippen LogP contribution in [0, 0.1) is 12.7 Å². The minimum Gasteiger partial charge on any atom is -0.457 e. The van der Waals surface area contributed by atoms with Crippen molar-refractivity contribution in [1.29, 1.82) is 0 Å². The van der Waals surface area contributed by atoms with Gasteiger partial charge >= 0.3 is 0 Å². The minimum absolute atomic E-state index is 0.0523. The van der Waals surface area contributed by atoms with E-state index in [0.29, 0.717) is 34.3 Å². The second-order valence-electron chi connectivity index (χ2n) is 6.17. The summed E-state index contributed by atoms with van der Waals surface area (Å²) in [7, 11) is 0. The fourth-order valence-electron chi connectivity index (χ4n) is 2.52. The van der Waals surface area contributed by atoms with Crippen LogP contribution < -0.4 is 10.1 Å². The van der Waals surface area contributed by atoms with E-state index in [0.717, 1.165) is 5.56 Å². The largest absolute Gasteiger partial charge is 0.457 e. The molecule has 0 aliphatic heterocycles. The van der Waals surface area contributed by atoms with Gasteiger partial charge in [0, 0.05) is 22.8 Å². The zero-order valence-corrected chi connectivity index (χ0v) is 16.5. The zero-order chi connectivity index (χ0) is 20.1. The molecule has 1 N–H and O–H groups in total. The number of aromatic nitrogens is 1. The Morgan fingerprint density at radius 2 is 1.68 bits per heavy atom. The Hall–Kier alpha value is -2.63. The molecule has 4 nitrogen and oxygen atoms in total. The van der Waals surface area contributed by atoms with Crippen molar-refractivity contribution in [2.75, 3.05) is 0 Å². The Kier molecular flexibility index (Phi) is 6.49. The lowest BCUT2D eigenvalue weighted by Gasteiger charge is -2.10. The third-order valence-electron chi connectivity index (χ3n) is 3.95. The molecule has 1 amide bonds. The molecule has 0 aliphatic carbocycles. The maximum absolute atomic E-state index is 12.9. The molecule has 0 aliphatic rings. The van der Waals surface area contributed by atoms with E-state index in [2.05, 4.69) is 10.3 Å². The van der Waals surface area contributed by atoms with Crippen molar-refractivity contribution in [2.24, 2.45) is 0 Å². The molecule has 0 spiro atoms. The number of benzene rings is 2. The number of pyridine rings is 1. The first-order valence-corrected chi connectivity index (χ1v) is 9.27. The fourth-order valence-corrected chi connectivity index (χ4v) is 3.18. The SMILES string of the molecule is Cc1cc(Cl)c(CC(=O)NCc2ccc(Oc3ccc(F)cc3)cc2)c(Cl)n1. The second-order valence-corrected chi connectivity index (χ2v) is 6.93. The summed E-state index contributed by atoms with van der Waals surface area (Å²) in [5, 5.41) is 3.49. The number of hydrogen-bond acceptors (Lipinski definition) is 3. The van der Waals surface area contributed by atoms with E-state index >= 15 is 0 Å². The van der Waals surface area contributed by atoms with Crippen LogP contribution in [0.3, 0.4) is 0 Å². The lowest BCUT2D eigenvalue weighted by atomic mass is 10.1.